The highest BCUT2D eigenvalue weighted by atomic mass is 16.2. The van der Waals surface area contributed by atoms with Gasteiger partial charge in [0.05, 0.1) is 12.2 Å². The summed E-state index contributed by atoms with van der Waals surface area (Å²) in [6.45, 7) is 1.71. The summed E-state index contributed by atoms with van der Waals surface area (Å²) in [5.41, 5.74) is 0.917. The zero-order valence-electron chi connectivity index (χ0n) is 12.2. The van der Waals surface area contributed by atoms with E-state index in [9.17, 15) is 4.79 Å². The second kappa shape index (κ2) is 7.34. The number of nitrogens with one attached hydrogen (secondary N) is 2. The standard InChI is InChI=1S/C13H19N7O/c1-19(2)13(21)15-9-8-14-10-12-16-17-18-20(12)11-6-4-3-5-7-11/h3-7,14H,8-10H2,1-2H3,(H,15,21). The number of amides is 2. The molecule has 1 heterocycles. The van der Waals surface area contributed by atoms with E-state index < -0.39 is 0 Å². The molecule has 21 heavy (non-hydrogen) atoms. The van der Waals surface area contributed by atoms with Gasteiger partial charge < -0.3 is 15.5 Å². The SMILES string of the molecule is CN(C)C(=O)NCCNCc1nnnn1-c1ccccc1. The molecule has 112 valence electrons. The van der Waals surface area contributed by atoms with Crippen LogP contribution in [0.25, 0.3) is 5.69 Å². The molecule has 1 aromatic carbocycles. The number of tetrazole rings is 1. The largest absolute Gasteiger partial charge is 0.337 e. The highest BCUT2D eigenvalue weighted by molar-refractivity contribution is 5.73. The van der Waals surface area contributed by atoms with Gasteiger partial charge in [0.25, 0.3) is 0 Å². The van der Waals surface area contributed by atoms with Crippen LogP contribution in [0, 0.1) is 0 Å². The van der Waals surface area contributed by atoms with Gasteiger partial charge in [0.15, 0.2) is 5.82 Å². The van der Waals surface area contributed by atoms with E-state index in [0.29, 0.717) is 19.6 Å². The molecule has 0 radical (unpaired) electrons. The molecule has 2 aromatic rings. The molecule has 0 aliphatic rings. The minimum atomic E-state index is -0.106. The van der Waals surface area contributed by atoms with Crippen molar-refractivity contribution in [1.82, 2.24) is 35.7 Å². The molecular formula is C13H19N7O. The molecule has 0 unspecified atom stereocenters. The second-order valence-electron chi connectivity index (χ2n) is 4.65. The van der Waals surface area contributed by atoms with Crippen molar-refractivity contribution >= 4 is 6.03 Å². The first-order chi connectivity index (χ1) is 10.2. The lowest BCUT2D eigenvalue weighted by atomic mass is 10.3. The Kier molecular flexibility index (Phi) is 5.22. The Morgan fingerprint density at radius 1 is 1.24 bits per heavy atom. The molecule has 0 fully saturated rings. The Hall–Kier alpha value is -2.48. The third-order valence-corrected chi connectivity index (χ3v) is 2.80. The van der Waals surface area contributed by atoms with Crippen molar-refractivity contribution in [3.63, 3.8) is 0 Å². The average molecular weight is 289 g/mol. The van der Waals surface area contributed by atoms with Gasteiger partial charge in [-0.1, -0.05) is 18.2 Å². The summed E-state index contributed by atoms with van der Waals surface area (Å²) in [6.07, 6.45) is 0. The first kappa shape index (κ1) is 14.9. The number of benzene rings is 1. The lowest BCUT2D eigenvalue weighted by Gasteiger charge is -2.12. The van der Waals surface area contributed by atoms with Gasteiger partial charge in [-0.2, -0.15) is 4.68 Å². The van der Waals surface area contributed by atoms with Crippen LogP contribution in [0.2, 0.25) is 0 Å². The lowest BCUT2D eigenvalue weighted by molar-refractivity contribution is 0.217. The molecule has 2 N–H and O–H groups in total. The van der Waals surface area contributed by atoms with Gasteiger partial charge >= 0.3 is 6.03 Å². The molecule has 2 amide bonds. The monoisotopic (exact) mass is 289 g/mol. The third-order valence-electron chi connectivity index (χ3n) is 2.80. The van der Waals surface area contributed by atoms with Crippen LogP contribution >= 0.6 is 0 Å². The van der Waals surface area contributed by atoms with Gasteiger partial charge in [-0.15, -0.1) is 5.10 Å². The number of para-hydroxylation sites is 1. The van der Waals surface area contributed by atoms with Crippen LogP contribution in [0.4, 0.5) is 4.79 Å². The molecule has 8 heteroatoms. The van der Waals surface area contributed by atoms with Crippen molar-refractivity contribution in [3.8, 4) is 5.69 Å². The summed E-state index contributed by atoms with van der Waals surface area (Å²) >= 11 is 0. The molecule has 0 saturated heterocycles. The minimum Gasteiger partial charge on any atom is -0.337 e. The van der Waals surface area contributed by atoms with Crippen molar-refractivity contribution in [3.05, 3.63) is 36.2 Å². The van der Waals surface area contributed by atoms with E-state index in [1.165, 1.54) is 4.90 Å². The molecule has 2 rings (SSSR count). The van der Waals surface area contributed by atoms with E-state index >= 15 is 0 Å². The van der Waals surface area contributed by atoms with Crippen molar-refractivity contribution in [1.29, 1.82) is 0 Å². The molecule has 0 aliphatic heterocycles. The highest BCUT2D eigenvalue weighted by Gasteiger charge is 2.07. The predicted octanol–water partition coefficient (Wildman–Crippen LogP) is 0.0231. The Morgan fingerprint density at radius 2 is 2.00 bits per heavy atom. The zero-order valence-corrected chi connectivity index (χ0v) is 12.2. The Labute approximate surface area is 123 Å². The summed E-state index contributed by atoms with van der Waals surface area (Å²) in [6, 6.07) is 9.59. The fraction of sp³-hybridized carbons (Fsp3) is 0.385. The van der Waals surface area contributed by atoms with Crippen LogP contribution in [0.3, 0.4) is 0 Å². The lowest BCUT2D eigenvalue weighted by Crippen LogP contribution is -2.38. The number of hydrogen-bond donors (Lipinski definition) is 2. The van der Waals surface area contributed by atoms with Crippen molar-refractivity contribution in [2.24, 2.45) is 0 Å². The number of rotatable bonds is 6. The van der Waals surface area contributed by atoms with E-state index in [-0.39, 0.29) is 6.03 Å². The zero-order chi connectivity index (χ0) is 15.1. The number of aromatic nitrogens is 4. The number of nitrogens with zero attached hydrogens (tertiary/aromatic N) is 5. The molecule has 8 nitrogen and oxygen atoms in total. The Balaban J connectivity index is 1.80. The van der Waals surface area contributed by atoms with Gasteiger partial charge in [0.2, 0.25) is 0 Å². The van der Waals surface area contributed by atoms with Crippen LogP contribution in [0.5, 0.6) is 0 Å². The van der Waals surface area contributed by atoms with Gasteiger partial charge in [0, 0.05) is 27.2 Å². The Bertz CT molecular complexity index is 567. The average Bonchev–Trinajstić information content (AvgIpc) is 2.96. The summed E-state index contributed by atoms with van der Waals surface area (Å²) in [7, 11) is 3.41. The van der Waals surface area contributed by atoms with Crippen LogP contribution < -0.4 is 10.6 Å². The topological polar surface area (TPSA) is 88.0 Å². The molecule has 1 aromatic heterocycles. The van der Waals surface area contributed by atoms with Crippen LogP contribution in [-0.4, -0.2) is 58.3 Å². The number of carbonyl (C=O) groups is 1. The minimum absolute atomic E-state index is 0.106. The van der Waals surface area contributed by atoms with E-state index in [1.807, 2.05) is 30.3 Å². The van der Waals surface area contributed by atoms with E-state index in [1.54, 1.807) is 18.8 Å². The summed E-state index contributed by atoms with van der Waals surface area (Å²) in [5, 5.41) is 17.6. The second-order valence-corrected chi connectivity index (χ2v) is 4.65. The number of hydrogen-bond acceptors (Lipinski definition) is 5. The van der Waals surface area contributed by atoms with Crippen LogP contribution in [0.15, 0.2) is 30.3 Å². The van der Waals surface area contributed by atoms with E-state index in [4.69, 9.17) is 0 Å². The van der Waals surface area contributed by atoms with Crippen LogP contribution in [-0.2, 0) is 6.54 Å². The van der Waals surface area contributed by atoms with Gasteiger partial charge in [-0.25, -0.2) is 4.79 Å². The molecule has 0 aliphatic carbocycles. The first-order valence-corrected chi connectivity index (χ1v) is 6.67. The summed E-state index contributed by atoms with van der Waals surface area (Å²) < 4.78 is 1.69. The van der Waals surface area contributed by atoms with Crippen molar-refractivity contribution < 1.29 is 4.79 Å². The number of carbonyl (C=O) groups excluding carboxylic acids is 1. The molecular weight excluding hydrogens is 270 g/mol. The highest BCUT2D eigenvalue weighted by Crippen LogP contribution is 2.06. The Morgan fingerprint density at radius 3 is 2.71 bits per heavy atom. The molecule has 0 spiro atoms. The normalized spacial score (nSPS) is 10.4. The first-order valence-electron chi connectivity index (χ1n) is 6.67. The van der Waals surface area contributed by atoms with E-state index in [2.05, 4.69) is 26.2 Å². The summed E-state index contributed by atoms with van der Waals surface area (Å²) in [5.74, 6) is 0.722. The van der Waals surface area contributed by atoms with Crippen LogP contribution in [0.1, 0.15) is 5.82 Å². The number of urea groups is 1. The van der Waals surface area contributed by atoms with Gasteiger partial charge in [0.1, 0.15) is 0 Å². The summed E-state index contributed by atoms with van der Waals surface area (Å²) in [4.78, 5) is 12.8. The van der Waals surface area contributed by atoms with Gasteiger partial charge in [-0.3, -0.25) is 0 Å². The van der Waals surface area contributed by atoms with Gasteiger partial charge in [-0.05, 0) is 22.6 Å². The molecule has 0 saturated carbocycles. The van der Waals surface area contributed by atoms with Crippen molar-refractivity contribution in [2.45, 2.75) is 6.54 Å². The molecule has 0 atom stereocenters. The van der Waals surface area contributed by atoms with Crippen molar-refractivity contribution in [2.75, 3.05) is 27.2 Å². The fourth-order valence-corrected chi connectivity index (χ4v) is 1.70. The maximum Gasteiger partial charge on any atom is 0.316 e. The smallest absolute Gasteiger partial charge is 0.316 e. The molecule has 0 bridgehead atoms. The third kappa shape index (κ3) is 4.25. The quantitative estimate of drug-likeness (QED) is 0.732. The van der Waals surface area contributed by atoms with E-state index in [0.717, 1.165) is 11.5 Å². The predicted molar refractivity (Wildman–Crippen MR) is 77.9 cm³/mol. The maximum absolute atomic E-state index is 11.3. The fourth-order valence-electron chi connectivity index (χ4n) is 1.70. The maximum atomic E-state index is 11.3.